The average Bonchev–Trinajstić information content (AvgIpc) is 3.12. The molecule has 0 bridgehead atoms. The van der Waals surface area contributed by atoms with Gasteiger partial charge in [0.15, 0.2) is 0 Å². The van der Waals surface area contributed by atoms with E-state index in [1.54, 1.807) is 12.5 Å². The fourth-order valence-electron chi connectivity index (χ4n) is 2.59. The summed E-state index contributed by atoms with van der Waals surface area (Å²) in [6.45, 7) is 1.08. The van der Waals surface area contributed by atoms with Crippen LogP contribution in [0, 0.1) is 11.3 Å². The molecule has 7 heteroatoms. The van der Waals surface area contributed by atoms with E-state index in [1.165, 1.54) is 6.07 Å². The molecule has 4 nitrogen and oxygen atoms in total. The van der Waals surface area contributed by atoms with Gasteiger partial charge >= 0.3 is 6.18 Å². The van der Waals surface area contributed by atoms with E-state index in [4.69, 9.17) is 5.26 Å². The number of nitrogens with one attached hydrogen (secondary N) is 1. The molecule has 0 aliphatic heterocycles. The molecule has 0 aliphatic carbocycles. The highest BCUT2D eigenvalue weighted by molar-refractivity contribution is 5.59. The van der Waals surface area contributed by atoms with E-state index < -0.39 is 11.7 Å². The van der Waals surface area contributed by atoms with Gasteiger partial charge in [-0.2, -0.15) is 18.4 Å². The van der Waals surface area contributed by atoms with E-state index in [9.17, 15) is 13.2 Å². The normalized spacial score (nSPS) is 11.2. The van der Waals surface area contributed by atoms with Gasteiger partial charge in [-0.15, -0.1) is 0 Å². The van der Waals surface area contributed by atoms with E-state index in [2.05, 4.69) is 10.3 Å². The van der Waals surface area contributed by atoms with E-state index in [1.807, 2.05) is 41.1 Å². The van der Waals surface area contributed by atoms with Crippen LogP contribution in [-0.2, 0) is 19.3 Å². The van der Waals surface area contributed by atoms with Crippen molar-refractivity contribution in [3.63, 3.8) is 0 Å². The standard InChI is InChI=1S/C19H15F3N4/c20-19(21,22)17-4-5-18(16(9-17)10-23)25-11-14-2-1-3-15(8-14)12-26-7-6-24-13-26/h1-9,13,25H,11-12H2. The molecule has 3 aromatic rings. The summed E-state index contributed by atoms with van der Waals surface area (Å²) in [6, 6.07) is 12.8. The van der Waals surface area contributed by atoms with Gasteiger partial charge in [-0.1, -0.05) is 24.3 Å². The lowest BCUT2D eigenvalue weighted by molar-refractivity contribution is -0.137. The van der Waals surface area contributed by atoms with E-state index in [0.717, 1.165) is 23.3 Å². The Morgan fingerprint density at radius 3 is 2.62 bits per heavy atom. The zero-order chi connectivity index (χ0) is 18.6. The Hall–Kier alpha value is -3.27. The van der Waals surface area contributed by atoms with Crippen molar-refractivity contribution in [3.8, 4) is 6.07 Å². The molecule has 2 aromatic carbocycles. The molecule has 132 valence electrons. The minimum Gasteiger partial charge on any atom is -0.380 e. The minimum absolute atomic E-state index is 0.0330. The largest absolute Gasteiger partial charge is 0.416 e. The lowest BCUT2D eigenvalue weighted by Crippen LogP contribution is -2.07. The maximum atomic E-state index is 12.8. The van der Waals surface area contributed by atoms with Gasteiger partial charge in [0.05, 0.1) is 23.1 Å². The number of nitrogens with zero attached hydrogens (tertiary/aromatic N) is 3. The van der Waals surface area contributed by atoms with Crippen LogP contribution in [0.5, 0.6) is 0 Å². The predicted molar refractivity (Wildman–Crippen MR) is 91.3 cm³/mol. The third kappa shape index (κ3) is 4.22. The number of nitriles is 1. The third-order valence-electron chi connectivity index (χ3n) is 3.87. The SMILES string of the molecule is N#Cc1cc(C(F)(F)F)ccc1NCc1cccc(Cn2ccnc2)c1. The number of rotatable bonds is 5. The molecule has 0 saturated heterocycles. The summed E-state index contributed by atoms with van der Waals surface area (Å²) >= 11 is 0. The molecule has 0 saturated carbocycles. The fourth-order valence-corrected chi connectivity index (χ4v) is 2.59. The van der Waals surface area contributed by atoms with Crippen LogP contribution in [0.4, 0.5) is 18.9 Å². The lowest BCUT2D eigenvalue weighted by Gasteiger charge is -2.12. The second kappa shape index (κ2) is 7.31. The van der Waals surface area contributed by atoms with Crippen molar-refractivity contribution >= 4 is 5.69 Å². The van der Waals surface area contributed by atoms with Crippen LogP contribution in [0.2, 0.25) is 0 Å². The summed E-state index contributed by atoms with van der Waals surface area (Å²) in [4.78, 5) is 4.00. The molecular formula is C19H15F3N4. The van der Waals surface area contributed by atoms with Crippen LogP contribution in [0.3, 0.4) is 0 Å². The van der Waals surface area contributed by atoms with Crippen LogP contribution in [0.25, 0.3) is 0 Å². The van der Waals surface area contributed by atoms with Crippen LogP contribution >= 0.6 is 0 Å². The van der Waals surface area contributed by atoms with Gasteiger partial charge in [0.2, 0.25) is 0 Å². The van der Waals surface area contributed by atoms with E-state index in [-0.39, 0.29) is 5.56 Å². The zero-order valence-corrected chi connectivity index (χ0v) is 13.7. The second-order valence-corrected chi connectivity index (χ2v) is 5.78. The summed E-state index contributed by atoms with van der Waals surface area (Å²) < 4.78 is 40.2. The van der Waals surface area contributed by atoms with Gasteiger partial charge in [-0.3, -0.25) is 0 Å². The minimum atomic E-state index is -4.47. The fraction of sp³-hybridized carbons (Fsp3) is 0.158. The van der Waals surface area contributed by atoms with E-state index >= 15 is 0 Å². The quantitative estimate of drug-likeness (QED) is 0.736. The predicted octanol–water partition coefficient (Wildman–Crippen LogP) is 4.43. The highest BCUT2D eigenvalue weighted by atomic mass is 19.4. The van der Waals surface area contributed by atoms with Crippen molar-refractivity contribution in [1.29, 1.82) is 5.26 Å². The first-order valence-corrected chi connectivity index (χ1v) is 7.84. The second-order valence-electron chi connectivity index (χ2n) is 5.78. The van der Waals surface area contributed by atoms with Gasteiger partial charge in [-0.05, 0) is 29.3 Å². The molecule has 0 atom stereocenters. The molecule has 3 rings (SSSR count). The molecule has 0 amide bonds. The Kier molecular flexibility index (Phi) is 4.94. The van der Waals surface area contributed by atoms with Gasteiger partial charge in [-0.25, -0.2) is 4.98 Å². The molecule has 0 aliphatic rings. The molecule has 1 heterocycles. The number of benzene rings is 2. The molecule has 0 spiro atoms. The smallest absolute Gasteiger partial charge is 0.380 e. The number of aromatic nitrogens is 2. The Morgan fingerprint density at radius 2 is 1.92 bits per heavy atom. The molecule has 1 aromatic heterocycles. The summed E-state index contributed by atoms with van der Waals surface area (Å²) in [7, 11) is 0. The summed E-state index contributed by atoms with van der Waals surface area (Å²) in [5.41, 5.74) is 1.55. The van der Waals surface area contributed by atoms with Crippen molar-refractivity contribution in [3.05, 3.63) is 83.4 Å². The maximum absolute atomic E-state index is 12.8. The molecule has 0 fully saturated rings. The van der Waals surface area contributed by atoms with Gasteiger partial charge in [0.25, 0.3) is 0 Å². The topological polar surface area (TPSA) is 53.6 Å². The molecule has 0 unspecified atom stereocenters. The molecule has 26 heavy (non-hydrogen) atoms. The highest BCUT2D eigenvalue weighted by Gasteiger charge is 2.31. The van der Waals surface area contributed by atoms with Crippen LogP contribution < -0.4 is 5.32 Å². The maximum Gasteiger partial charge on any atom is 0.416 e. The number of halogens is 3. The number of alkyl halides is 3. The Morgan fingerprint density at radius 1 is 1.12 bits per heavy atom. The lowest BCUT2D eigenvalue weighted by atomic mass is 10.1. The summed E-state index contributed by atoms with van der Waals surface area (Å²) in [5, 5.41) is 12.2. The van der Waals surface area contributed by atoms with Crippen LogP contribution in [0.15, 0.2) is 61.2 Å². The Labute approximate surface area is 148 Å². The molecule has 0 radical (unpaired) electrons. The number of hydrogen-bond donors (Lipinski definition) is 1. The third-order valence-corrected chi connectivity index (χ3v) is 3.87. The number of imidazole rings is 1. The van der Waals surface area contributed by atoms with Gasteiger partial charge in [0, 0.05) is 25.5 Å². The first kappa shape index (κ1) is 17.5. The van der Waals surface area contributed by atoms with Crippen LogP contribution in [0.1, 0.15) is 22.3 Å². The van der Waals surface area contributed by atoms with Gasteiger partial charge in [0.1, 0.15) is 6.07 Å². The molecular weight excluding hydrogens is 341 g/mol. The summed E-state index contributed by atoms with van der Waals surface area (Å²) in [6.07, 6.45) is 0.837. The summed E-state index contributed by atoms with van der Waals surface area (Å²) in [5.74, 6) is 0. The average molecular weight is 356 g/mol. The van der Waals surface area contributed by atoms with Crippen LogP contribution in [-0.4, -0.2) is 9.55 Å². The van der Waals surface area contributed by atoms with Crippen molar-refractivity contribution in [2.75, 3.05) is 5.32 Å². The first-order chi connectivity index (χ1) is 12.5. The number of anilines is 1. The van der Waals surface area contributed by atoms with Crippen molar-refractivity contribution < 1.29 is 13.2 Å². The Balaban J connectivity index is 1.72. The highest BCUT2D eigenvalue weighted by Crippen LogP contribution is 2.31. The molecule has 1 N–H and O–H groups in total. The van der Waals surface area contributed by atoms with Crippen molar-refractivity contribution in [2.45, 2.75) is 19.3 Å². The van der Waals surface area contributed by atoms with Crippen molar-refractivity contribution in [1.82, 2.24) is 9.55 Å². The Bertz CT molecular complexity index is 925. The van der Waals surface area contributed by atoms with Crippen molar-refractivity contribution in [2.24, 2.45) is 0 Å². The first-order valence-electron chi connectivity index (χ1n) is 7.84. The van der Waals surface area contributed by atoms with E-state index in [0.29, 0.717) is 18.8 Å². The number of hydrogen-bond acceptors (Lipinski definition) is 3. The monoisotopic (exact) mass is 356 g/mol. The zero-order valence-electron chi connectivity index (χ0n) is 13.7. The van der Waals surface area contributed by atoms with Gasteiger partial charge < -0.3 is 9.88 Å².